The standard InChI is InChI=1S/C89H62N4Si2/c1-7-29-61(30-8-1)64-33-25-43-71(59-64)95(69-41-17-6-18-42-69,72-44-26-34-65(60-72)62-31-9-2-10-32-62)82-54-28-50-78-83-75-47-19-20-48-76(75)86(85(78)82)84-77(83)49-27-51-79(84)88-90-87(91-89(92-88)93-80-52-23-21-45-73(80)74-46-22-24-53-81(74)93)63-55-57-70(58-56-63)94(66-35-11-3-12-36-66,67-37-13-4-14-38-67)68-39-15-5-16-40-68/h1-60,83,86H. The van der Waals surface area contributed by atoms with E-state index < -0.39 is 16.1 Å². The van der Waals surface area contributed by atoms with Gasteiger partial charge >= 0.3 is 0 Å². The average molecular weight is 1240 g/mol. The first-order chi connectivity index (χ1) is 47.1. The van der Waals surface area contributed by atoms with E-state index in [2.05, 4.69) is 369 Å². The summed E-state index contributed by atoms with van der Waals surface area (Å²) in [6.07, 6.45) is 0. The summed E-state index contributed by atoms with van der Waals surface area (Å²) in [5, 5.41) is 12.9. The number of hydrogen-bond acceptors (Lipinski definition) is 3. The lowest BCUT2D eigenvalue weighted by molar-refractivity contribution is 0.758. The van der Waals surface area contributed by atoms with Gasteiger partial charge < -0.3 is 0 Å². The van der Waals surface area contributed by atoms with Gasteiger partial charge in [-0.3, -0.25) is 4.57 Å². The number of fused-ring (bicyclic) bond motifs is 3. The third kappa shape index (κ3) is 8.97. The zero-order valence-electron chi connectivity index (χ0n) is 52.1. The van der Waals surface area contributed by atoms with Crippen molar-refractivity contribution < 1.29 is 0 Å². The highest BCUT2D eigenvalue weighted by Crippen LogP contribution is 2.57. The molecule has 2 atom stereocenters. The van der Waals surface area contributed by atoms with Gasteiger partial charge in [0.2, 0.25) is 5.95 Å². The zero-order chi connectivity index (χ0) is 62.9. The van der Waals surface area contributed by atoms with E-state index in [9.17, 15) is 0 Å². The minimum atomic E-state index is -3.36. The fourth-order valence-electron chi connectivity index (χ4n) is 16.4. The lowest BCUT2D eigenvalue weighted by Crippen LogP contribution is -2.75. The minimum Gasteiger partial charge on any atom is -0.278 e. The van der Waals surface area contributed by atoms with Crippen molar-refractivity contribution in [3.8, 4) is 51.0 Å². The molecule has 0 aliphatic heterocycles. The lowest BCUT2D eigenvalue weighted by Gasteiger charge is -2.46. The van der Waals surface area contributed by atoms with Gasteiger partial charge in [-0.15, -0.1) is 0 Å². The van der Waals surface area contributed by atoms with Crippen LogP contribution in [0, 0.1) is 0 Å². The van der Waals surface area contributed by atoms with Crippen molar-refractivity contribution >= 4 is 79.4 Å². The quantitative estimate of drug-likeness (QED) is 0.0853. The minimum absolute atomic E-state index is 0.0659. The van der Waals surface area contributed by atoms with Crippen LogP contribution in [0.5, 0.6) is 0 Å². The molecule has 0 radical (unpaired) electrons. The van der Waals surface area contributed by atoms with Crippen LogP contribution in [0.25, 0.3) is 72.8 Å². The molecule has 0 amide bonds. The smallest absolute Gasteiger partial charge is 0.238 e. The third-order valence-electron chi connectivity index (χ3n) is 20.4. The Bertz CT molecular complexity index is 5310. The lowest BCUT2D eigenvalue weighted by atomic mass is 9.60. The van der Waals surface area contributed by atoms with Crippen LogP contribution < -0.4 is 41.5 Å². The number of hydrogen-bond donors (Lipinski definition) is 0. The number of para-hydroxylation sites is 2. The summed E-state index contributed by atoms with van der Waals surface area (Å²) in [5.41, 5.74) is 16.7. The van der Waals surface area contributed by atoms with E-state index in [0.717, 1.165) is 32.9 Å². The Labute approximate surface area is 555 Å². The van der Waals surface area contributed by atoms with Crippen LogP contribution in [0.15, 0.2) is 364 Å². The molecule has 0 fully saturated rings. The van der Waals surface area contributed by atoms with E-state index in [1.165, 1.54) is 97.1 Å². The monoisotopic (exact) mass is 1240 g/mol. The summed E-state index contributed by atoms with van der Waals surface area (Å²) in [6, 6.07) is 136. The molecule has 3 aliphatic rings. The first kappa shape index (κ1) is 56.1. The fourth-order valence-corrected chi connectivity index (χ4v) is 26.2. The maximum atomic E-state index is 5.80. The Balaban J connectivity index is 0.892. The van der Waals surface area contributed by atoms with Gasteiger partial charge in [-0.25, -0.2) is 4.98 Å². The maximum absolute atomic E-state index is 5.80. The van der Waals surface area contributed by atoms with Gasteiger partial charge in [0.05, 0.1) is 11.0 Å². The molecule has 4 nitrogen and oxygen atoms in total. The van der Waals surface area contributed by atoms with Crippen LogP contribution in [0.3, 0.4) is 0 Å². The Morgan fingerprint density at radius 3 is 1.15 bits per heavy atom. The van der Waals surface area contributed by atoms with Crippen molar-refractivity contribution in [3.05, 3.63) is 397 Å². The highest BCUT2D eigenvalue weighted by molar-refractivity contribution is 7.20. The molecule has 0 saturated heterocycles. The van der Waals surface area contributed by atoms with E-state index in [-0.39, 0.29) is 11.8 Å². The second kappa shape index (κ2) is 23.2. The fraction of sp³-hybridized carbons (Fsp3) is 0.0225. The number of nitrogens with zero attached hydrogens (tertiary/aromatic N) is 4. The van der Waals surface area contributed by atoms with Crippen LogP contribution in [0.4, 0.5) is 0 Å². The number of aromatic nitrogens is 4. The second-order valence-corrected chi connectivity index (χ2v) is 32.8. The van der Waals surface area contributed by atoms with Crippen LogP contribution >= 0.6 is 0 Å². The van der Waals surface area contributed by atoms with Gasteiger partial charge in [0, 0.05) is 33.7 Å². The topological polar surface area (TPSA) is 43.6 Å². The third-order valence-corrected chi connectivity index (χ3v) is 29.9. The summed E-state index contributed by atoms with van der Waals surface area (Å²) >= 11 is 0. The van der Waals surface area contributed by atoms with Crippen molar-refractivity contribution in [1.29, 1.82) is 0 Å². The largest absolute Gasteiger partial charge is 0.278 e. The normalized spacial score (nSPS) is 13.9. The van der Waals surface area contributed by atoms with Crippen LogP contribution in [0.1, 0.15) is 45.2 Å². The van der Waals surface area contributed by atoms with Gasteiger partial charge in [0.1, 0.15) is 0 Å². The van der Waals surface area contributed by atoms with Gasteiger partial charge in [-0.05, 0) is 109 Å². The Kier molecular flexibility index (Phi) is 13.7. The average Bonchev–Trinajstić information content (AvgIpc) is 1.06. The molecule has 0 N–H and O–H groups in total. The highest BCUT2D eigenvalue weighted by atomic mass is 28.3. The van der Waals surface area contributed by atoms with E-state index in [4.69, 9.17) is 15.0 Å². The summed E-state index contributed by atoms with van der Waals surface area (Å²) < 4.78 is 2.25. The van der Waals surface area contributed by atoms with Gasteiger partial charge in [0.15, 0.2) is 27.8 Å². The molecule has 16 aromatic rings. The molecule has 95 heavy (non-hydrogen) atoms. The van der Waals surface area contributed by atoms with Crippen LogP contribution in [-0.2, 0) is 0 Å². The predicted octanol–water partition coefficient (Wildman–Crippen LogP) is 15.4. The molecule has 446 valence electrons. The van der Waals surface area contributed by atoms with E-state index >= 15 is 0 Å². The molecule has 19 rings (SSSR count). The van der Waals surface area contributed by atoms with Crippen molar-refractivity contribution in [3.63, 3.8) is 0 Å². The Hall–Kier alpha value is -11.7. The Morgan fingerprint density at radius 2 is 0.621 bits per heavy atom. The zero-order valence-corrected chi connectivity index (χ0v) is 54.1. The summed E-state index contributed by atoms with van der Waals surface area (Å²) in [4.78, 5) is 17.2. The SMILES string of the molecule is c1ccc(-c2cccc([Si](c3ccccc3)(c3cccc(-c4ccccc4)c3)c3cccc4c3C3c5ccccc5C4c4cccc(-c5nc(-c6ccc([Si](c7ccccc7)(c7ccccc7)c7ccccc7)cc6)nc(-n6c7ccccc7c7ccccc76)n5)c43)c2)cc1. The first-order valence-corrected chi connectivity index (χ1v) is 36.9. The predicted molar refractivity (Wildman–Crippen MR) is 398 cm³/mol. The molecule has 2 bridgehead atoms. The second-order valence-electron chi connectivity index (χ2n) is 25.2. The van der Waals surface area contributed by atoms with E-state index in [1.807, 2.05) is 0 Å². The molecule has 2 aromatic heterocycles. The first-order valence-electron chi connectivity index (χ1n) is 32.9. The summed E-state index contributed by atoms with van der Waals surface area (Å²) in [5.74, 6) is 1.55. The van der Waals surface area contributed by atoms with Crippen molar-refractivity contribution in [2.24, 2.45) is 0 Å². The van der Waals surface area contributed by atoms with E-state index in [1.54, 1.807) is 0 Å². The molecule has 2 heterocycles. The van der Waals surface area contributed by atoms with Gasteiger partial charge in [0.25, 0.3) is 0 Å². The molecule has 14 aromatic carbocycles. The van der Waals surface area contributed by atoms with Crippen molar-refractivity contribution in [2.45, 2.75) is 11.8 Å². The number of benzene rings is 14. The molecule has 3 aliphatic carbocycles. The van der Waals surface area contributed by atoms with Crippen molar-refractivity contribution in [1.82, 2.24) is 19.5 Å². The molecular weight excluding hydrogens is 1180 g/mol. The van der Waals surface area contributed by atoms with E-state index in [0.29, 0.717) is 17.6 Å². The molecule has 0 spiro atoms. The molecule has 2 unspecified atom stereocenters. The summed E-state index contributed by atoms with van der Waals surface area (Å²) in [6.45, 7) is 0. The molecule has 0 saturated carbocycles. The summed E-state index contributed by atoms with van der Waals surface area (Å²) in [7, 11) is -6.22. The van der Waals surface area contributed by atoms with Gasteiger partial charge in [-0.1, -0.05) is 352 Å². The van der Waals surface area contributed by atoms with Crippen LogP contribution in [0.2, 0.25) is 0 Å². The van der Waals surface area contributed by atoms with Gasteiger partial charge in [-0.2, -0.15) is 9.97 Å². The molecule has 6 heteroatoms. The van der Waals surface area contributed by atoms with Crippen molar-refractivity contribution in [2.75, 3.05) is 0 Å². The highest BCUT2D eigenvalue weighted by Gasteiger charge is 2.50. The maximum Gasteiger partial charge on any atom is 0.238 e. The number of rotatable bonds is 13. The molecular formula is C89H62N4Si2. The van der Waals surface area contributed by atoms with Crippen LogP contribution in [-0.4, -0.2) is 35.7 Å². The Morgan fingerprint density at radius 1 is 0.242 bits per heavy atom.